The minimum Gasteiger partial charge on any atom is -0.480 e. The molecular formula is C30H40F2N2O3. The second-order valence-electron chi connectivity index (χ2n) is 11.4. The third kappa shape index (κ3) is 6.95. The van der Waals surface area contributed by atoms with Crippen molar-refractivity contribution in [2.75, 3.05) is 32.7 Å². The maximum atomic E-state index is 13.5. The van der Waals surface area contributed by atoms with Crippen LogP contribution in [0.25, 0.3) is 0 Å². The Morgan fingerprint density at radius 2 is 1.76 bits per heavy atom. The Hall–Kier alpha value is -2.35. The number of benzene rings is 2. The topological polar surface area (TPSA) is 64.0 Å². The lowest BCUT2D eigenvalue weighted by molar-refractivity contribution is -0.144. The Labute approximate surface area is 219 Å². The van der Waals surface area contributed by atoms with Crippen molar-refractivity contribution in [3.8, 4) is 0 Å². The van der Waals surface area contributed by atoms with Crippen molar-refractivity contribution in [1.82, 2.24) is 9.80 Å². The highest BCUT2D eigenvalue weighted by Crippen LogP contribution is 2.37. The van der Waals surface area contributed by atoms with Gasteiger partial charge in [0.2, 0.25) is 0 Å². The fourth-order valence-corrected chi connectivity index (χ4v) is 6.31. The summed E-state index contributed by atoms with van der Waals surface area (Å²) in [5.41, 5.74) is 1.27. The third-order valence-electron chi connectivity index (χ3n) is 8.35. The van der Waals surface area contributed by atoms with Crippen molar-refractivity contribution in [1.29, 1.82) is 0 Å². The molecule has 2 fully saturated rings. The number of hydrogen-bond acceptors (Lipinski definition) is 4. The van der Waals surface area contributed by atoms with Gasteiger partial charge in [0.1, 0.15) is 6.04 Å². The largest absolute Gasteiger partial charge is 0.480 e. The first-order valence-electron chi connectivity index (χ1n) is 13.6. The van der Waals surface area contributed by atoms with Crippen molar-refractivity contribution in [3.63, 3.8) is 0 Å². The Bertz CT molecular complexity index is 1040. The number of rotatable bonds is 10. The van der Waals surface area contributed by atoms with Crippen LogP contribution in [-0.2, 0) is 11.2 Å². The SMILES string of the molecule is CC(C)[C@H](C(=O)O)N1CC(CN2CCC(O)(CCCc3ccc(F)c(F)c3)CC2)C(c2ccccc2)C1. The maximum absolute atomic E-state index is 13.5. The monoisotopic (exact) mass is 514 g/mol. The zero-order valence-corrected chi connectivity index (χ0v) is 22.0. The Kier molecular flexibility index (Phi) is 8.98. The summed E-state index contributed by atoms with van der Waals surface area (Å²) in [6.07, 6.45) is 3.34. The van der Waals surface area contributed by atoms with Crippen molar-refractivity contribution < 1.29 is 23.8 Å². The van der Waals surface area contributed by atoms with Gasteiger partial charge in [0.05, 0.1) is 5.60 Å². The Balaban J connectivity index is 1.33. The van der Waals surface area contributed by atoms with E-state index in [1.807, 2.05) is 32.0 Å². The van der Waals surface area contributed by atoms with Gasteiger partial charge < -0.3 is 15.1 Å². The van der Waals surface area contributed by atoms with E-state index >= 15 is 0 Å². The maximum Gasteiger partial charge on any atom is 0.321 e. The Morgan fingerprint density at radius 3 is 2.38 bits per heavy atom. The van der Waals surface area contributed by atoms with Gasteiger partial charge in [0, 0.05) is 38.6 Å². The molecule has 202 valence electrons. The smallest absolute Gasteiger partial charge is 0.321 e. The lowest BCUT2D eigenvalue weighted by atomic mass is 9.84. The summed E-state index contributed by atoms with van der Waals surface area (Å²) in [5, 5.41) is 21.0. The van der Waals surface area contributed by atoms with E-state index in [-0.39, 0.29) is 11.8 Å². The van der Waals surface area contributed by atoms with E-state index in [4.69, 9.17) is 0 Å². The summed E-state index contributed by atoms with van der Waals surface area (Å²) in [5.74, 6) is -1.79. The number of carboxylic acid groups (broad SMARTS) is 1. The molecule has 0 spiro atoms. The van der Waals surface area contributed by atoms with E-state index in [9.17, 15) is 23.8 Å². The molecule has 2 aromatic rings. The lowest BCUT2D eigenvalue weighted by Crippen LogP contribution is -2.47. The van der Waals surface area contributed by atoms with Crippen LogP contribution in [0.4, 0.5) is 8.78 Å². The van der Waals surface area contributed by atoms with Crippen molar-refractivity contribution in [2.24, 2.45) is 11.8 Å². The number of nitrogens with zero attached hydrogens (tertiary/aromatic N) is 2. The molecule has 0 aromatic heterocycles. The fourth-order valence-electron chi connectivity index (χ4n) is 6.31. The first-order chi connectivity index (χ1) is 17.6. The fraction of sp³-hybridized carbons (Fsp3) is 0.567. The molecule has 2 aromatic carbocycles. The minimum atomic E-state index is -0.836. The molecular weight excluding hydrogens is 474 g/mol. The van der Waals surface area contributed by atoms with Crippen LogP contribution < -0.4 is 0 Å². The number of aliphatic carboxylic acids is 1. The molecule has 2 aliphatic rings. The number of likely N-dealkylation sites (tertiary alicyclic amines) is 2. The highest BCUT2D eigenvalue weighted by Gasteiger charge is 2.42. The molecule has 4 rings (SSSR count). The van der Waals surface area contributed by atoms with Gasteiger partial charge in [0.15, 0.2) is 11.6 Å². The zero-order chi connectivity index (χ0) is 26.6. The van der Waals surface area contributed by atoms with Gasteiger partial charge in [-0.1, -0.05) is 50.2 Å². The number of carboxylic acids is 1. The lowest BCUT2D eigenvalue weighted by Gasteiger charge is -2.40. The summed E-state index contributed by atoms with van der Waals surface area (Å²) in [6.45, 7) is 7.92. The van der Waals surface area contributed by atoms with Gasteiger partial charge in [-0.05, 0) is 67.2 Å². The molecule has 0 radical (unpaired) electrons. The zero-order valence-electron chi connectivity index (χ0n) is 22.0. The van der Waals surface area contributed by atoms with Crippen LogP contribution in [0.15, 0.2) is 48.5 Å². The van der Waals surface area contributed by atoms with Crippen molar-refractivity contribution in [3.05, 3.63) is 71.3 Å². The number of hydrogen-bond donors (Lipinski definition) is 2. The summed E-state index contributed by atoms with van der Waals surface area (Å²) in [7, 11) is 0. The van der Waals surface area contributed by atoms with Gasteiger partial charge in [-0.25, -0.2) is 8.78 Å². The van der Waals surface area contributed by atoms with E-state index in [0.29, 0.717) is 31.6 Å². The molecule has 37 heavy (non-hydrogen) atoms. The summed E-state index contributed by atoms with van der Waals surface area (Å²) in [4.78, 5) is 16.6. The normalized spacial score (nSPS) is 23.4. The number of piperidine rings is 1. The predicted octanol–water partition coefficient (Wildman–Crippen LogP) is 4.94. The van der Waals surface area contributed by atoms with Crippen LogP contribution in [0.3, 0.4) is 0 Å². The van der Waals surface area contributed by atoms with Crippen molar-refractivity contribution >= 4 is 5.97 Å². The van der Waals surface area contributed by atoms with E-state index in [1.165, 1.54) is 11.6 Å². The van der Waals surface area contributed by atoms with E-state index in [0.717, 1.165) is 50.8 Å². The molecule has 0 amide bonds. The molecule has 2 heterocycles. The highest BCUT2D eigenvalue weighted by molar-refractivity contribution is 5.73. The van der Waals surface area contributed by atoms with E-state index in [2.05, 4.69) is 21.9 Å². The average Bonchev–Trinajstić information content (AvgIpc) is 3.26. The van der Waals surface area contributed by atoms with Crippen LogP contribution in [0, 0.1) is 23.5 Å². The highest BCUT2D eigenvalue weighted by atomic mass is 19.2. The van der Waals surface area contributed by atoms with Gasteiger partial charge in [-0.2, -0.15) is 0 Å². The van der Waals surface area contributed by atoms with Gasteiger partial charge in [0.25, 0.3) is 0 Å². The standard InChI is InChI=1S/C30H40F2N2O3/c1-21(2)28(29(35)36)34-19-24(25(20-34)23-8-4-3-5-9-23)18-33-15-13-30(37,14-16-33)12-6-7-22-10-11-26(31)27(32)17-22/h3-5,8-11,17,21,24-25,28,37H,6-7,12-16,18-20H2,1-2H3,(H,35,36)/t24?,25?,28-/m1/s1. The molecule has 0 bridgehead atoms. The number of aliphatic hydroxyl groups is 1. The molecule has 7 heteroatoms. The van der Waals surface area contributed by atoms with Gasteiger partial charge in [-0.15, -0.1) is 0 Å². The molecule has 2 aliphatic heterocycles. The van der Waals surface area contributed by atoms with E-state index in [1.54, 1.807) is 6.07 Å². The second kappa shape index (κ2) is 12.0. The van der Waals surface area contributed by atoms with Gasteiger partial charge in [-0.3, -0.25) is 9.69 Å². The molecule has 2 N–H and O–H groups in total. The molecule has 2 unspecified atom stereocenters. The minimum absolute atomic E-state index is 0.0315. The first-order valence-corrected chi connectivity index (χ1v) is 13.6. The molecule has 0 saturated carbocycles. The molecule has 0 aliphatic carbocycles. The summed E-state index contributed by atoms with van der Waals surface area (Å²) < 4.78 is 26.6. The second-order valence-corrected chi connectivity index (χ2v) is 11.4. The van der Waals surface area contributed by atoms with Crippen LogP contribution in [0.2, 0.25) is 0 Å². The van der Waals surface area contributed by atoms with Crippen LogP contribution >= 0.6 is 0 Å². The third-order valence-corrected chi connectivity index (χ3v) is 8.35. The van der Waals surface area contributed by atoms with Crippen molar-refractivity contribution in [2.45, 2.75) is 63.5 Å². The molecule has 2 saturated heterocycles. The molecule has 5 nitrogen and oxygen atoms in total. The Morgan fingerprint density at radius 1 is 1.05 bits per heavy atom. The quantitative estimate of drug-likeness (QED) is 0.470. The predicted molar refractivity (Wildman–Crippen MR) is 140 cm³/mol. The van der Waals surface area contributed by atoms with Crippen LogP contribution in [0.1, 0.15) is 56.6 Å². The number of carbonyl (C=O) groups is 1. The molecule has 3 atom stereocenters. The number of halogens is 2. The van der Waals surface area contributed by atoms with Crippen LogP contribution in [0.5, 0.6) is 0 Å². The first kappa shape index (κ1) is 27.7. The average molecular weight is 515 g/mol. The number of aryl methyl sites for hydroxylation is 1. The van der Waals surface area contributed by atoms with E-state index < -0.39 is 29.2 Å². The van der Waals surface area contributed by atoms with Crippen LogP contribution in [-0.4, -0.2) is 70.3 Å². The summed E-state index contributed by atoms with van der Waals surface area (Å²) in [6, 6.07) is 13.9. The van der Waals surface area contributed by atoms with Gasteiger partial charge >= 0.3 is 5.97 Å². The summed E-state index contributed by atoms with van der Waals surface area (Å²) >= 11 is 0.